The second kappa shape index (κ2) is 6.37. The number of ketones is 2. The minimum absolute atomic E-state index is 0.234. The first-order valence-corrected chi connectivity index (χ1v) is 8.89. The van der Waals surface area contributed by atoms with Crippen molar-refractivity contribution in [1.29, 1.82) is 0 Å². The van der Waals surface area contributed by atoms with Crippen LogP contribution in [0.25, 0.3) is 0 Å². The van der Waals surface area contributed by atoms with Crippen LogP contribution in [0.15, 0.2) is 71.3 Å². The molecule has 1 aliphatic heterocycles. The Morgan fingerprint density at radius 1 is 1.08 bits per heavy atom. The standard InChI is InChI=1S/C22H20N2O2/c1-15-11-13-16(14-12-15)19-21(26)22(24-23-19,18-9-5-6-10-18)20(25)17-7-3-2-4-8-17/h2-4,7-9,11-14,24H,5-6,10H2,1H3. The summed E-state index contributed by atoms with van der Waals surface area (Å²) in [6.07, 6.45) is 4.58. The van der Waals surface area contributed by atoms with E-state index in [0.717, 1.165) is 36.0 Å². The lowest BCUT2D eigenvalue weighted by Gasteiger charge is -2.27. The molecule has 4 rings (SSSR count). The van der Waals surface area contributed by atoms with Crippen molar-refractivity contribution in [2.24, 2.45) is 5.10 Å². The summed E-state index contributed by atoms with van der Waals surface area (Å²) in [7, 11) is 0. The fourth-order valence-electron chi connectivity index (χ4n) is 3.66. The van der Waals surface area contributed by atoms with Gasteiger partial charge in [-0.15, -0.1) is 0 Å². The van der Waals surface area contributed by atoms with E-state index in [4.69, 9.17) is 0 Å². The van der Waals surface area contributed by atoms with Gasteiger partial charge in [0.05, 0.1) is 0 Å². The number of hydrogen-bond acceptors (Lipinski definition) is 4. The van der Waals surface area contributed by atoms with Crippen molar-refractivity contribution in [3.63, 3.8) is 0 Å². The van der Waals surface area contributed by atoms with Gasteiger partial charge in [0.25, 0.3) is 0 Å². The van der Waals surface area contributed by atoms with Crippen LogP contribution >= 0.6 is 0 Å². The van der Waals surface area contributed by atoms with E-state index in [9.17, 15) is 9.59 Å². The normalized spacial score (nSPS) is 22.0. The second-order valence-electron chi connectivity index (χ2n) is 6.83. The number of nitrogens with one attached hydrogen (secondary N) is 1. The monoisotopic (exact) mass is 344 g/mol. The van der Waals surface area contributed by atoms with Crippen molar-refractivity contribution in [3.8, 4) is 0 Å². The van der Waals surface area contributed by atoms with Crippen molar-refractivity contribution >= 4 is 17.3 Å². The molecule has 4 nitrogen and oxygen atoms in total. The average molecular weight is 344 g/mol. The van der Waals surface area contributed by atoms with E-state index in [1.165, 1.54) is 0 Å². The largest absolute Gasteiger partial charge is 0.291 e. The van der Waals surface area contributed by atoms with Gasteiger partial charge in [-0.25, -0.2) is 0 Å². The molecule has 0 radical (unpaired) electrons. The fraction of sp³-hybridized carbons (Fsp3) is 0.227. The van der Waals surface area contributed by atoms with Crippen LogP contribution in [0.4, 0.5) is 0 Å². The Labute approximate surface area is 152 Å². The van der Waals surface area contributed by atoms with E-state index in [-0.39, 0.29) is 11.6 Å². The Morgan fingerprint density at radius 2 is 1.81 bits per heavy atom. The first-order valence-electron chi connectivity index (χ1n) is 8.89. The number of aryl methyl sites for hydroxylation is 1. The molecule has 0 fully saturated rings. The molecule has 2 aromatic rings. The first-order chi connectivity index (χ1) is 12.6. The fourth-order valence-corrected chi connectivity index (χ4v) is 3.66. The molecule has 1 unspecified atom stereocenters. The van der Waals surface area contributed by atoms with E-state index in [1.54, 1.807) is 12.1 Å². The molecule has 26 heavy (non-hydrogen) atoms. The molecule has 0 amide bonds. The summed E-state index contributed by atoms with van der Waals surface area (Å²) in [5.41, 5.74) is 5.05. The molecule has 2 aromatic carbocycles. The third kappa shape index (κ3) is 2.49. The maximum absolute atomic E-state index is 13.5. The van der Waals surface area contributed by atoms with Gasteiger partial charge in [-0.2, -0.15) is 5.10 Å². The molecule has 4 heteroatoms. The summed E-state index contributed by atoms with van der Waals surface area (Å²) >= 11 is 0. The third-order valence-corrected chi connectivity index (χ3v) is 5.12. The number of benzene rings is 2. The first kappa shape index (κ1) is 16.5. The van der Waals surface area contributed by atoms with Crippen LogP contribution in [0.3, 0.4) is 0 Å². The highest BCUT2D eigenvalue weighted by atomic mass is 16.2. The number of Topliss-reactive ketones (excluding diaryl/α,β-unsaturated/α-hetero) is 2. The van der Waals surface area contributed by atoms with Gasteiger partial charge in [0, 0.05) is 11.1 Å². The Hall–Kier alpha value is -3.01. The van der Waals surface area contributed by atoms with Gasteiger partial charge in [-0.05, 0) is 31.8 Å². The van der Waals surface area contributed by atoms with Gasteiger partial charge in [-0.1, -0.05) is 66.2 Å². The third-order valence-electron chi connectivity index (χ3n) is 5.12. The smallest absolute Gasteiger partial charge is 0.222 e. The minimum Gasteiger partial charge on any atom is -0.291 e. The molecule has 0 spiro atoms. The number of hydrazone groups is 1. The SMILES string of the molecule is Cc1ccc(C2=NNC(C(=O)c3ccccc3)(C3=CCCC3)C2=O)cc1. The van der Waals surface area contributed by atoms with Crippen LogP contribution in [-0.2, 0) is 4.79 Å². The minimum atomic E-state index is -1.40. The lowest BCUT2D eigenvalue weighted by Crippen LogP contribution is -2.55. The zero-order valence-electron chi connectivity index (χ0n) is 14.7. The van der Waals surface area contributed by atoms with Crippen molar-refractivity contribution < 1.29 is 9.59 Å². The molecule has 0 saturated carbocycles. The number of carbonyl (C=O) groups excluding carboxylic acids is 2. The van der Waals surface area contributed by atoms with Crippen LogP contribution in [0.5, 0.6) is 0 Å². The molecule has 130 valence electrons. The molecule has 2 aliphatic rings. The lowest BCUT2D eigenvalue weighted by atomic mass is 9.77. The molecular weight excluding hydrogens is 324 g/mol. The van der Waals surface area contributed by atoms with Crippen molar-refractivity contribution in [2.75, 3.05) is 0 Å². The Bertz CT molecular complexity index is 926. The zero-order valence-corrected chi connectivity index (χ0v) is 14.7. The molecular formula is C22H20N2O2. The molecule has 0 bridgehead atoms. The van der Waals surface area contributed by atoms with Gasteiger partial charge in [0.15, 0.2) is 0 Å². The van der Waals surface area contributed by atoms with Crippen LogP contribution in [-0.4, -0.2) is 22.8 Å². The quantitative estimate of drug-likeness (QED) is 0.524. The summed E-state index contributed by atoms with van der Waals surface area (Å²) < 4.78 is 0. The van der Waals surface area contributed by atoms with E-state index >= 15 is 0 Å². The van der Waals surface area contributed by atoms with E-state index in [0.29, 0.717) is 11.3 Å². The number of allylic oxidation sites excluding steroid dienone is 1. The van der Waals surface area contributed by atoms with Gasteiger partial charge < -0.3 is 0 Å². The topological polar surface area (TPSA) is 58.5 Å². The van der Waals surface area contributed by atoms with E-state index < -0.39 is 5.54 Å². The van der Waals surface area contributed by atoms with Gasteiger partial charge in [-0.3, -0.25) is 15.0 Å². The highest BCUT2D eigenvalue weighted by Gasteiger charge is 2.54. The molecule has 1 heterocycles. The number of nitrogens with zero attached hydrogens (tertiary/aromatic N) is 1. The molecule has 0 saturated heterocycles. The summed E-state index contributed by atoms with van der Waals surface area (Å²) in [6, 6.07) is 16.6. The second-order valence-corrected chi connectivity index (χ2v) is 6.83. The highest BCUT2D eigenvalue weighted by Crippen LogP contribution is 2.35. The van der Waals surface area contributed by atoms with E-state index in [1.807, 2.05) is 55.5 Å². The summed E-state index contributed by atoms with van der Waals surface area (Å²) in [4.78, 5) is 26.9. The molecule has 1 atom stereocenters. The van der Waals surface area contributed by atoms with Gasteiger partial charge in [0.1, 0.15) is 5.71 Å². The Morgan fingerprint density at radius 3 is 2.46 bits per heavy atom. The van der Waals surface area contributed by atoms with Crippen LogP contribution in [0, 0.1) is 6.92 Å². The Balaban J connectivity index is 1.78. The average Bonchev–Trinajstić information content (AvgIpc) is 3.32. The van der Waals surface area contributed by atoms with Crippen LogP contribution in [0.1, 0.15) is 40.7 Å². The number of rotatable bonds is 4. The number of carbonyl (C=O) groups is 2. The predicted molar refractivity (Wildman–Crippen MR) is 101 cm³/mol. The van der Waals surface area contributed by atoms with Crippen molar-refractivity contribution in [3.05, 3.63) is 82.9 Å². The number of hydrogen-bond donors (Lipinski definition) is 1. The molecule has 0 aromatic heterocycles. The van der Waals surface area contributed by atoms with Gasteiger partial charge >= 0.3 is 0 Å². The predicted octanol–water partition coefficient (Wildman–Crippen LogP) is 3.60. The maximum atomic E-state index is 13.5. The van der Waals surface area contributed by atoms with Gasteiger partial charge in [0.2, 0.25) is 17.1 Å². The highest BCUT2D eigenvalue weighted by molar-refractivity contribution is 6.55. The summed E-state index contributed by atoms with van der Waals surface area (Å²) in [6.45, 7) is 1.99. The van der Waals surface area contributed by atoms with E-state index in [2.05, 4.69) is 10.5 Å². The summed E-state index contributed by atoms with van der Waals surface area (Å²) in [5, 5.41) is 4.32. The summed E-state index contributed by atoms with van der Waals surface area (Å²) in [5.74, 6) is -0.495. The Kier molecular flexibility index (Phi) is 4.03. The van der Waals surface area contributed by atoms with Crippen LogP contribution < -0.4 is 5.43 Å². The zero-order chi connectivity index (χ0) is 18.1. The molecule has 1 N–H and O–H groups in total. The van der Waals surface area contributed by atoms with Crippen molar-refractivity contribution in [1.82, 2.24) is 5.43 Å². The van der Waals surface area contributed by atoms with Crippen LogP contribution in [0.2, 0.25) is 0 Å². The maximum Gasteiger partial charge on any atom is 0.222 e. The van der Waals surface area contributed by atoms with Crippen molar-refractivity contribution in [2.45, 2.75) is 31.7 Å². The molecule has 1 aliphatic carbocycles. The lowest BCUT2D eigenvalue weighted by molar-refractivity contribution is -0.115.